The Kier molecular flexibility index (Phi) is 3.78. The molecule has 0 atom stereocenters. The van der Waals surface area contributed by atoms with Crippen molar-refractivity contribution in [2.45, 2.75) is 11.8 Å². The SMILES string of the molecule is Cc1cc(Cl)c(N)cc1S(=O)(=O)Nc1cccc(O)c1. The zero-order chi connectivity index (χ0) is 14.9. The Bertz CT molecular complexity index is 760. The molecule has 20 heavy (non-hydrogen) atoms. The van der Waals surface area contributed by atoms with Crippen molar-refractivity contribution in [1.29, 1.82) is 0 Å². The third-order valence-electron chi connectivity index (χ3n) is 2.68. The number of anilines is 2. The van der Waals surface area contributed by atoms with Crippen LogP contribution in [0.2, 0.25) is 5.02 Å². The van der Waals surface area contributed by atoms with Crippen molar-refractivity contribution in [1.82, 2.24) is 0 Å². The number of nitrogen functional groups attached to an aromatic ring is 1. The molecular formula is C13H13ClN2O3S. The highest BCUT2D eigenvalue weighted by atomic mass is 35.5. The minimum Gasteiger partial charge on any atom is -0.508 e. The largest absolute Gasteiger partial charge is 0.508 e. The van der Waals surface area contributed by atoms with Gasteiger partial charge in [-0.1, -0.05) is 17.7 Å². The monoisotopic (exact) mass is 312 g/mol. The van der Waals surface area contributed by atoms with E-state index in [-0.39, 0.29) is 22.0 Å². The van der Waals surface area contributed by atoms with Gasteiger partial charge >= 0.3 is 0 Å². The maximum Gasteiger partial charge on any atom is 0.262 e. The molecule has 106 valence electrons. The fraction of sp³-hybridized carbons (Fsp3) is 0.0769. The lowest BCUT2D eigenvalue weighted by atomic mass is 10.2. The number of benzene rings is 2. The van der Waals surface area contributed by atoms with E-state index in [1.165, 1.54) is 36.4 Å². The van der Waals surface area contributed by atoms with Crippen LogP contribution in [-0.2, 0) is 10.0 Å². The number of rotatable bonds is 3. The summed E-state index contributed by atoms with van der Waals surface area (Å²) in [7, 11) is -3.80. The van der Waals surface area contributed by atoms with Gasteiger partial charge in [0.25, 0.3) is 10.0 Å². The van der Waals surface area contributed by atoms with E-state index < -0.39 is 10.0 Å². The highest BCUT2D eigenvalue weighted by Crippen LogP contribution is 2.28. The summed E-state index contributed by atoms with van der Waals surface area (Å²) in [5.74, 6) is -0.0301. The fourth-order valence-corrected chi connectivity index (χ4v) is 3.27. The van der Waals surface area contributed by atoms with Gasteiger partial charge < -0.3 is 10.8 Å². The first kappa shape index (κ1) is 14.5. The van der Waals surface area contributed by atoms with E-state index in [0.29, 0.717) is 10.6 Å². The molecule has 0 fully saturated rings. The summed E-state index contributed by atoms with van der Waals surface area (Å²) < 4.78 is 27.0. The molecular weight excluding hydrogens is 300 g/mol. The third kappa shape index (κ3) is 2.97. The molecule has 2 aromatic carbocycles. The van der Waals surface area contributed by atoms with Crippen molar-refractivity contribution < 1.29 is 13.5 Å². The number of aromatic hydroxyl groups is 1. The molecule has 5 nitrogen and oxygen atoms in total. The summed E-state index contributed by atoms with van der Waals surface area (Å²) in [5, 5.41) is 9.65. The van der Waals surface area contributed by atoms with Gasteiger partial charge in [-0.2, -0.15) is 0 Å². The Labute approximate surface area is 122 Å². The molecule has 0 aliphatic rings. The molecule has 2 rings (SSSR count). The topological polar surface area (TPSA) is 92.4 Å². The first-order chi connectivity index (χ1) is 9.29. The highest BCUT2D eigenvalue weighted by Gasteiger charge is 2.18. The van der Waals surface area contributed by atoms with Crippen molar-refractivity contribution in [3.05, 3.63) is 47.0 Å². The molecule has 0 heterocycles. The zero-order valence-electron chi connectivity index (χ0n) is 10.6. The van der Waals surface area contributed by atoms with Gasteiger partial charge in [0.05, 0.1) is 21.3 Å². The standard InChI is InChI=1S/C13H13ClN2O3S/c1-8-5-11(14)12(15)7-13(8)20(18,19)16-9-3-2-4-10(17)6-9/h2-7,16-17H,15H2,1H3. The van der Waals surface area contributed by atoms with Gasteiger partial charge in [-0.3, -0.25) is 4.72 Å². The molecule has 0 amide bonds. The number of halogens is 1. The van der Waals surface area contributed by atoms with Crippen LogP contribution in [0.4, 0.5) is 11.4 Å². The first-order valence-electron chi connectivity index (χ1n) is 5.67. The number of nitrogens with one attached hydrogen (secondary N) is 1. The van der Waals surface area contributed by atoms with Crippen molar-refractivity contribution in [2.75, 3.05) is 10.5 Å². The predicted molar refractivity (Wildman–Crippen MR) is 79.5 cm³/mol. The summed E-state index contributed by atoms with van der Waals surface area (Å²) >= 11 is 5.84. The number of aryl methyl sites for hydroxylation is 1. The van der Waals surface area contributed by atoms with Gasteiger partial charge in [0.15, 0.2) is 0 Å². The van der Waals surface area contributed by atoms with Crippen LogP contribution in [0.3, 0.4) is 0 Å². The molecule has 0 aliphatic heterocycles. The summed E-state index contributed by atoms with van der Waals surface area (Å²) in [6.45, 7) is 1.63. The minimum absolute atomic E-state index is 0.0301. The average molecular weight is 313 g/mol. The van der Waals surface area contributed by atoms with Crippen LogP contribution in [0.1, 0.15) is 5.56 Å². The number of phenols is 1. The molecule has 0 radical (unpaired) electrons. The molecule has 0 aromatic heterocycles. The Morgan fingerprint density at radius 1 is 1.25 bits per heavy atom. The molecule has 0 spiro atoms. The second-order valence-electron chi connectivity index (χ2n) is 4.30. The second kappa shape index (κ2) is 5.22. The third-order valence-corrected chi connectivity index (χ3v) is 4.53. The van der Waals surface area contributed by atoms with Gasteiger partial charge in [0.2, 0.25) is 0 Å². The number of sulfonamides is 1. The Morgan fingerprint density at radius 2 is 1.95 bits per heavy atom. The van der Waals surface area contributed by atoms with Gasteiger partial charge in [0.1, 0.15) is 5.75 Å². The second-order valence-corrected chi connectivity index (χ2v) is 6.35. The van der Waals surface area contributed by atoms with E-state index in [1.54, 1.807) is 6.92 Å². The average Bonchev–Trinajstić information content (AvgIpc) is 2.33. The van der Waals surface area contributed by atoms with Crippen molar-refractivity contribution in [2.24, 2.45) is 0 Å². The summed E-state index contributed by atoms with van der Waals surface area (Å²) in [4.78, 5) is 0.0442. The Balaban J connectivity index is 2.43. The number of hydrogen-bond donors (Lipinski definition) is 3. The normalized spacial score (nSPS) is 11.3. The van der Waals surface area contributed by atoms with E-state index in [2.05, 4.69) is 4.72 Å². The van der Waals surface area contributed by atoms with Gasteiger partial charge in [-0.25, -0.2) is 8.42 Å². The quantitative estimate of drug-likeness (QED) is 0.760. The molecule has 0 saturated carbocycles. The summed E-state index contributed by atoms with van der Waals surface area (Å²) in [6, 6.07) is 8.63. The van der Waals surface area contributed by atoms with Crippen LogP contribution in [0.5, 0.6) is 5.75 Å². The molecule has 7 heteroatoms. The Hall–Kier alpha value is -1.92. The van der Waals surface area contributed by atoms with Crippen molar-refractivity contribution in [3.63, 3.8) is 0 Å². The number of hydrogen-bond acceptors (Lipinski definition) is 4. The van der Waals surface area contributed by atoms with Crippen LogP contribution in [-0.4, -0.2) is 13.5 Å². The van der Waals surface area contributed by atoms with Crippen LogP contribution in [0, 0.1) is 6.92 Å². The summed E-state index contributed by atoms with van der Waals surface area (Å²) in [5.41, 5.74) is 6.57. The summed E-state index contributed by atoms with van der Waals surface area (Å²) in [6.07, 6.45) is 0. The van der Waals surface area contributed by atoms with Gasteiger partial charge in [-0.15, -0.1) is 0 Å². The van der Waals surface area contributed by atoms with E-state index in [0.717, 1.165) is 0 Å². The van der Waals surface area contributed by atoms with E-state index in [9.17, 15) is 13.5 Å². The zero-order valence-corrected chi connectivity index (χ0v) is 12.2. The number of nitrogens with two attached hydrogens (primary N) is 1. The minimum atomic E-state index is -3.80. The van der Waals surface area contributed by atoms with Gasteiger partial charge in [-0.05, 0) is 36.8 Å². The van der Waals surface area contributed by atoms with E-state index >= 15 is 0 Å². The van der Waals surface area contributed by atoms with Crippen LogP contribution in [0.25, 0.3) is 0 Å². The molecule has 2 aromatic rings. The van der Waals surface area contributed by atoms with E-state index in [1.807, 2.05) is 0 Å². The van der Waals surface area contributed by atoms with Crippen molar-refractivity contribution >= 4 is 33.0 Å². The molecule has 0 saturated heterocycles. The molecule has 0 unspecified atom stereocenters. The lowest BCUT2D eigenvalue weighted by Gasteiger charge is -2.12. The van der Waals surface area contributed by atoms with Crippen molar-refractivity contribution in [3.8, 4) is 5.75 Å². The fourth-order valence-electron chi connectivity index (χ4n) is 1.74. The predicted octanol–water partition coefficient (Wildman–Crippen LogP) is 2.74. The lowest BCUT2D eigenvalue weighted by molar-refractivity contribution is 0.475. The molecule has 0 bridgehead atoms. The van der Waals surface area contributed by atoms with Crippen LogP contribution < -0.4 is 10.5 Å². The molecule has 4 N–H and O–H groups in total. The maximum atomic E-state index is 12.3. The highest BCUT2D eigenvalue weighted by molar-refractivity contribution is 7.92. The smallest absolute Gasteiger partial charge is 0.262 e. The number of phenolic OH excluding ortho intramolecular Hbond substituents is 1. The van der Waals surface area contributed by atoms with Gasteiger partial charge in [0, 0.05) is 6.07 Å². The van der Waals surface area contributed by atoms with Crippen LogP contribution in [0.15, 0.2) is 41.3 Å². The van der Waals surface area contributed by atoms with E-state index in [4.69, 9.17) is 17.3 Å². The Morgan fingerprint density at radius 3 is 2.60 bits per heavy atom. The first-order valence-corrected chi connectivity index (χ1v) is 7.53. The van der Waals surface area contributed by atoms with Crippen LogP contribution >= 0.6 is 11.6 Å². The lowest BCUT2D eigenvalue weighted by Crippen LogP contribution is -2.14. The maximum absolute atomic E-state index is 12.3. The molecule has 0 aliphatic carbocycles.